The SMILES string of the molecule is Brc1cc(Br)cc(-n2c3ccccc3c3ccccc32)c1.Brc1cc(Br)cc(I)c1.O=P(c1ccccc1)(c1ccccc1)c1cc(-n2c3ccccc3c3ccccc32)cc(P(=O)(c2ccccc2)c2ccccc2)c1.c1ccc2c(c1)Cc1ccccc1-2. The highest BCUT2D eigenvalue weighted by molar-refractivity contribution is 14.1. The first kappa shape index (κ1) is 61.4. The van der Waals surface area contributed by atoms with Gasteiger partial charge in [-0.1, -0.05) is 306 Å². The van der Waals surface area contributed by atoms with Gasteiger partial charge < -0.3 is 18.3 Å². The summed E-state index contributed by atoms with van der Waals surface area (Å²) < 4.78 is 41.9. The Hall–Kier alpha value is -7.43. The third-order valence-corrected chi connectivity index (χ3v) is 24.7. The number of nitrogens with zero attached hydrogens (tertiary/aromatic N) is 2. The van der Waals surface area contributed by atoms with E-state index in [1.807, 2.05) is 158 Å². The minimum Gasteiger partial charge on any atom is -0.309 e. The van der Waals surface area contributed by atoms with Crippen LogP contribution in [-0.4, -0.2) is 9.13 Å². The van der Waals surface area contributed by atoms with Crippen molar-refractivity contribution in [1.29, 1.82) is 0 Å². The fourth-order valence-corrected chi connectivity index (χ4v) is 21.8. The summed E-state index contributed by atoms with van der Waals surface area (Å²) in [7, 11) is -6.88. The van der Waals surface area contributed by atoms with Crippen LogP contribution in [0.5, 0.6) is 0 Å². The molecular weight excluding hydrogens is 1520 g/mol. The Bertz CT molecular complexity index is 4770. The summed E-state index contributed by atoms with van der Waals surface area (Å²) in [6.07, 6.45) is 1.10. The molecule has 1 aliphatic carbocycles. The standard InChI is InChI=1S/C42H31NO2P2.C18H11Br2N.C13H10.C6H3Br2I/c44-46(33-17-5-1-6-18-33,34-19-7-2-8-20-34)37-29-32(43-41-27-15-13-25-39(41)40-26-14-16-28-42(40)43)30-38(31-37)47(45,35-21-9-3-10-22-35)36-23-11-4-12-24-36;19-12-9-13(20)11-14(10-12)21-17-7-3-1-5-15(17)16-6-2-4-8-18(16)21;1-3-7-12-10(5-1)9-11-6-2-4-8-13(11)12;7-4-1-5(8)3-6(9)2-4/h1-31H;1-11H;1-8H,9H2;1-3H. The lowest BCUT2D eigenvalue weighted by Crippen LogP contribution is -2.31. The zero-order valence-electron chi connectivity index (χ0n) is 48.3. The average Bonchev–Trinajstić information content (AvgIpc) is 1.23. The van der Waals surface area contributed by atoms with Crippen molar-refractivity contribution in [1.82, 2.24) is 9.13 Å². The lowest BCUT2D eigenvalue weighted by molar-refractivity contribution is 0.592. The number of hydrogen-bond acceptors (Lipinski definition) is 2. The van der Waals surface area contributed by atoms with Crippen molar-refractivity contribution in [2.75, 3.05) is 0 Å². The highest BCUT2D eigenvalue weighted by atomic mass is 127. The first-order chi connectivity index (χ1) is 43.9. The summed E-state index contributed by atoms with van der Waals surface area (Å²) in [5.41, 5.74) is 12.2. The molecule has 0 saturated carbocycles. The number of benzene rings is 13. The quantitative estimate of drug-likeness (QED) is 0.112. The maximum Gasteiger partial charge on any atom is 0.171 e. The smallest absolute Gasteiger partial charge is 0.171 e. The van der Waals surface area contributed by atoms with Gasteiger partial charge >= 0.3 is 0 Å². The predicted molar refractivity (Wildman–Crippen MR) is 405 cm³/mol. The van der Waals surface area contributed by atoms with Crippen LogP contribution in [0.15, 0.2) is 339 Å². The van der Waals surface area contributed by atoms with Gasteiger partial charge in [0, 0.05) is 86.2 Å². The van der Waals surface area contributed by atoms with Gasteiger partial charge in [0.1, 0.15) is 0 Å². The van der Waals surface area contributed by atoms with Gasteiger partial charge in [-0.25, -0.2) is 0 Å². The summed E-state index contributed by atoms with van der Waals surface area (Å²) in [5, 5.41) is 8.99. The van der Waals surface area contributed by atoms with Crippen LogP contribution < -0.4 is 31.8 Å². The third-order valence-electron chi connectivity index (χ3n) is 16.2. The number of aromatic nitrogens is 2. The molecule has 438 valence electrons. The molecule has 11 heteroatoms. The maximum absolute atomic E-state index is 15.9. The molecule has 1 aliphatic rings. The fourth-order valence-electron chi connectivity index (χ4n) is 12.2. The molecule has 4 nitrogen and oxygen atoms in total. The summed E-state index contributed by atoms with van der Waals surface area (Å²) in [5.74, 6) is 0. The highest BCUT2D eigenvalue weighted by Crippen LogP contribution is 2.48. The number of rotatable bonds is 8. The normalized spacial score (nSPS) is 11.7. The van der Waals surface area contributed by atoms with Crippen LogP contribution >= 0.6 is 101 Å². The van der Waals surface area contributed by atoms with Crippen molar-refractivity contribution in [3.8, 4) is 22.5 Å². The second-order valence-corrected chi connectivity index (χ2v) is 32.2. The molecule has 15 aromatic rings. The molecule has 0 unspecified atom stereocenters. The zero-order valence-corrected chi connectivity index (χ0v) is 58.6. The van der Waals surface area contributed by atoms with E-state index in [0.717, 1.165) is 78.7 Å². The molecule has 2 heterocycles. The van der Waals surface area contributed by atoms with Gasteiger partial charge in [-0.15, -0.1) is 0 Å². The minimum atomic E-state index is -3.44. The maximum atomic E-state index is 15.9. The summed E-state index contributed by atoms with van der Waals surface area (Å²) in [4.78, 5) is 0. The van der Waals surface area contributed by atoms with Crippen molar-refractivity contribution in [2.45, 2.75) is 6.42 Å². The van der Waals surface area contributed by atoms with E-state index in [-0.39, 0.29) is 0 Å². The molecule has 90 heavy (non-hydrogen) atoms. The first-order valence-electron chi connectivity index (χ1n) is 29.3. The van der Waals surface area contributed by atoms with Crippen LogP contribution in [-0.2, 0) is 15.6 Å². The van der Waals surface area contributed by atoms with Crippen LogP contribution in [0, 0.1) is 3.57 Å². The summed E-state index contributed by atoms with van der Waals surface area (Å²) in [6, 6.07) is 108. The van der Waals surface area contributed by atoms with Crippen LogP contribution in [0.4, 0.5) is 0 Å². The van der Waals surface area contributed by atoms with Crippen LogP contribution in [0.2, 0.25) is 0 Å². The van der Waals surface area contributed by atoms with Gasteiger partial charge in [0.05, 0.1) is 22.1 Å². The predicted octanol–water partition coefficient (Wildman–Crippen LogP) is 21.4. The molecular formula is C79H55Br4IN2O2P2. The van der Waals surface area contributed by atoms with E-state index in [1.165, 1.54) is 47.6 Å². The zero-order chi connectivity index (χ0) is 61.8. The summed E-state index contributed by atoms with van der Waals surface area (Å²) >= 11 is 16.2. The molecule has 0 radical (unpaired) electrons. The molecule has 0 N–H and O–H groups in total. The van der Waals surface area contributed by atoms with Gasteiger partial charge in [-0.2, -0.15) is 0 Å². The molecule has 0 saturated heterocycles. The Morgan fingerprint density at radius 1 is 0.278 bits per heavy atom. The van der Waals surface area contributed by atoms with Crippen LogP contribution in [0.25, 0.3) is 66.1 Å². The molecule has 0 amide bonds. The Kier molecular flexibility index (Phi) is 18.6. The number of fused-ring (bicyclic) bond motifs is 9. The average molecular weight is 1570 g/mol. The highest BCUT2D eigenvalue weighted by Gasteiger charge is 2.36. The van der Waals surface area contributed by atoms with Gasteiger partial charge in [-0.05, 0) is 130 Å². The molecule has 0 fully saturated rings. The third kappa shape index (κ3) is 12.4. The monoisotopic (exact) mass is 1570 g/mol. The Morgan fingerprint density at radius 3 is 0.867 bits per heavy atom. The lowest BCUT2D eigenvalue weighted by Gasteiger charge is -2.25. The number of hydrogen-bond donors (Lipinski definition) is 0. The van der Waals surface area contributed by atoms with E-state index in [9.17, 15) is 0 Å². The van der Waals surface area contributed by atoms with E-state index in [0.29, 0.717) is 10.6 Å². The first-order valence-corrected chi connectivity index (χ1v) is 36.9. The minimum absolute atomic E-state index is 0.636. The number of para-hydroxylation sites is 4. The largest absolute Gasteiger partial charge is 0.309 e. The van der Waals surface area contributed by atoms with E-state index in [1.54, 1.807) is 0 Å². The van der Waals surface area contributed by atoms with E-state index >= 15 is 9.13 Å². The van der Waals surface area contributed by atoms with Crippen molar-refractivity contribution >= 4 is 176 Å². The molecule has 2 aromatic heterocycles. The Labute approximate surface area is 571 Å². The molecule has 0 aliphatic heterocycles. The molecule has 0 bridgehead atoms. The van der Waals surface area contributed by atoms with Crippen molar-refractivity contribution in [3.63, 3.8) is 0 Å². The van der Waals surface area contributed by atoms with Gasteiger partial charge in [0.2, 0.25) is 0 Å². The molecule has 13 aromatic carbocycles. The van der Waals surface area contributed by atoms with Crippen molar-refractivity contribution in [3.05, 3.63) is 354 Å². The molecule has 16 rings (SSSR count). The van der Waals surface area contributed by atoms with Crippen molar-refractivity contribution in [2.24, 2.45) is 0 Å². The van der Waals surface area contributed by atoms with E-state index in [4.69, 9.17) is 0 Å². The van der Waals surface area contributed by atoms with Crippen LogP contribution in [0.1, 0.15) is 11.1 Å². The second-order valence-electron chi connectivity index (χ2n) is 21.7. The fraction of sp³-hybridized carbons (Fsp3) is 0.0127. The Morgan fingerprint density at radius 2 is 0.544 bits per heavy atom. The topological polar surface area (TPSA) is 44.0 Å². The summed E-state index contributed by atoms with van der Waals surface area (Å²) in [6.45, 7) is 0. The van der Waals surface area contributed by atoms with E-state index in [2.05, 4.69) is 259 Å². The molecule has 0 spiro atoms. The van der Waals surface area contributed by atoms with Gasteiger partial charge in [-0.3, -0.25) is 0 Å². The lowest BCUT2D eigenvalue weighted by atomic mass is 10.1. The van der Waals surface area contributed by atoms with Crippen molar-refractivity contribution < 1.29 is 9.13 Å². The number of halogens is 5. The van der Waals surface area contributed by atoms with Gasteiger partial charge in [0.25, 0.3) is 0 Å². The second kappa shape index (κ2) is 27.2. The Balaban J connectivity index is 0.000000139. The van der Waals surface area contributed by atoms with Gasteiger partial charge in [0.15, 0.2) is 14.3 Å². The van der Waals surface area contributed by atoms with Crippen LogP contribution in [0.3, 0.4) is 0 Å². The van der Waals surface area contributed by atoms with E-state index < -0.39 is 14.3 Å². The molecule has 0 atom stereocenters.